The molecule has 0 saturated carbocycles. The molecule has 1 aromatic heterocycles. The zero-order valence-corrected chi connectivity index (χ0v) is 19.9. The molecule has 0 aliphatic carbocycles. The number of carbonyl (C=O) groups is 2. The van der Waals surface area contributed by atoms with Crippen molar-refractivity contribution in [3.63, 3.8) is 0 Å². The molecule has 3 aromatic rings. The van der Waals surface area contributed by atoms with Crippen molar-refractivity contribution in [3.05, 3.63) is 71.5 Å². The predicted octanol–water partition coefficient (Wildman–Crippen LogP) is 3.36. The van der Waals surface area contributed by atoms with Crippen molar-refractivity contribution in [2.75, 3.05) is 24.8 Å². The molecule has 0 atom stereocenters. The minimum absolute atomic E-state index is 0.128. The maximum Gasteiger partial charge on any atom is 0.262 e. The summed E-state index contributed by atoms with van der Waals surface area (Å²) < 4.78 is 10.6. The van der Waals surface area contributed by atoms with Gasteiger partial charge in [0, 0.05) is 17.1 Å². The second-order valence-corrected chi connectivity index (χ2v) is 8.09. The van der Waals surface area contributed by atoms with Crippen molar-refractivity contribution in [2.45, 2.75) is 19.0 Å². The van der Waals surface area contributed by atoms with Crippen molar-refractivity contribution < 1.29 is 19.1 Å². The summed E-state index contributed by atoms with van der Waals surface area (Å²) in [6.07, 6.45) is 1.52. The molecule has 2 amide bonds. The molecule has 0 bridgehead atoms. The quantitative estimate of drug-likeness (QED) is 0.198. The van der Waals surface area contributed by atoms with Gasteiger partial charge in [-0.2, -0.15) is 5.10 Å². The molecule has 0 unspecified atom stereocenters. The lowest BCUT2D eigenvalue weighted by Crippen LogP contribution is -2.20. The van der Waals surface area contributed by atoms with Crippen molar-refractivity contribution in [1.29, 1.82) is 0 Å². The summed E-state index contributed by atoms with van der Waals surface area (Å²) in [5.74, 6) is 0.875. The Kier molecular flexibility index (Phi) is 8.98. The fourth-order valence-electron chi connectivity index (χ4n) is 2.77. The van der Waals surface area contributed by atoms with E-state index in [-0.39, 0.29) is 24.2 Å². The Morgan fingerprint density at radius 3 is 2.26 bits per heavy atom. The first kappa shape index (κ1) is 24.7. The molecule has 0 saturated heterocycles. The molecule has 0 aliphatic heterocycles. The van der Waals surface area contributed by atoms with E-state index in [1.54, 1.807) is 55.6 Å². The molecule has 176 valence electrons. The van der Waals surface area contributed by atoms with E-state index in [4.69, 9.17) is 9.47 Å². The second-order valence-electron chi connectivity index (χ2n) is 7.15. The summed E-state index contributed by atoms with van der Waals surface area (Å²) in [7, 11) is 1.58. The third-order valence-electron chi connectivity index (χ3n) is 4.32. The van der Waals surface area contributed by atoms with Gasteiger partial charge in [-0.25, -0.2) is 15.4 Å². The first-order chi connectivity index (χ1) is 16.4. The van der Waals surface area contributed by atoms with E-state index < -0.39 is 0 Å². The van der Waals surface area contributed by atoms with Gasteiger partial charge in [0.15, 0.2) is 11.8 Å². The van der Waals surface area contributed by atoms with Crippen LogP contribution in [0.2, 0.25) is 0 Å². The maximum absolute atomic E-state index is 12.1. The molecule has 10 heteroatoms. The van der Waals surface area contributed by atoms with Crippen LogP contribution in [-0.2, 0) is 9.59 Å². The van der Waals surface area contributed by atoms with Gasteiger partial charge in [0.2, 0.25) is 0 Å². The number of amides is 2. The van der Waals surface area contributed by atoms with Crippen LogP contribution in [0.3, 0.4) is 0 Å². The van der Waals surface area contributed by atoms with Gasteiger partial charge >= 0.3 is 0 Å². The van der Waals surface area contributed by atoms with Crippen molar-refractivity contribution in [1.82, 2.24) is 15.4 Å². The molecule has 1 heterocycles. The topological polar surface area (TPSA) is 115 Å². The first-order valence-electron chi connectivity index (χ1n) is 10.3. The van der Waals surface area contributed by atoms with Crippen LogP contribution in [0.1, 0.15) is 17.0 Å². The van der Waals surface area contributed by atoms with Gasteiger partial charge < -0.3 is 14.8 Å². The van der Waals surface area contributed by atoms with Crippen LogP contribution in [-0.4, -0.2) is 47.5 Å². The number of carbonyl (C=O) groups excluding carboxylic acids is 2. The summed E-state index contributed by atoms with van der Waals surface area (Å²) in [6.45, 7) is 3.64. The number of rotatable bonds is 10. The normalized spacial score (nSPS) is 10.7. The van der Waals surface area contributed by atoms with E-state index in [0.717, 1.165) is 17.0 Å². The zero-order valence-electron chi connectivity index (χ0n) is 19.1. The summed E-state index contributed by atoms with van der Waals surface area (Å²) in [6, 6.07) is 15.9. The number of benzene rings is 2. The van der Waals surface area contributed by atoms with E-state index >= 15 is 0 Å². The third-order valence-corrected chi connectivity index (χ3v) is 5.17. The molecule has 0 fully saturated rings. The lowest BCUT2D eigenvalue weighted by molar-refractivity contribution is -0.119. The Morgan fingerprint density at radius 1 is 0.971 bits per heavy atom. The number of hydrogen-bond acceptors (Lipinski definition) is 8. The number of aryl methyl sites for hydroxylation is 2. The van der Waals surface area contributed by atoms with Gasteiger partial charge in [0.1, 0.15) is 11.5 Å². The Hall–Kier alpha value is -3.92. The number of hydrogen-bond donors (Lipinski definition) is 2. The monoisotopic (exact) mass is 479 g/mol. The Bertz CT molecular complexity index is 1130. The number of methoxy groups -OCH3 is 1. The highest BCUT2D eigenvalue weighted by molar-refractivity contribution is 7.99. The predicted molar refractivity (Wildman–Crippen MR) is 132 cm³/mol. The SMILES string of the molecule is COc1ccc(NC(=O)COc2ccc(/C=N\NC(=O)CSc3nc(C)cc(C)n3)cc2)cc1. The van der Waals surface area contributed by atoms with Crippen LogP contribution >= 0.6 is 11.8 Å². The Morgan fingerprint density at radius 2 is 1.62 bits per heavy atom. The highest BCUT2D eigenvalue weighted by Gasteiger charge is 2.06. The second kappa shape index (κ2) is 12.4. The number of nitrogens with zero attached hydrogens (tertiary/aromatic N) is 3. The summed E-state index contributed by atoms with van der Waals surface area (Å²) in [5.41, 5.74) is 5.62. The molecule has 3 rings (SSSR count). The van der Waals surface area contributed by atoms with Crippen molar-refractivity contribution >= 4 is 35.5 Å². The molecule has 2 aromatic carbocycles. The van der Waals surface area contributed by atoms with Crippen LogP contribution in [0, 0.1) is 13.8 Å². The summed E-state index contributed by atoms with van der Waals surface area (Å²) >= 11 is 1.25. The Labute approximate surface area is 202 Å². The van der Waals surface area contributed by atoms with Gasteiger partial charge in [-0.1, -0.05) is 11.8 Å². The largest absolute Gasteiger partial charge is 0.497 e. The van der Waals surface area contributed by atoms with Crippen LogP contribution in [0.4, 0.5) is 5.69 Å². The van der Waals surface area contributed by atoms with Crippen LogP contribution in [0.5, 0.6) is 11.5 Å². The highest BCUT2D eigenvalue weighted by atomic mass is 32.2. The molecule has 2 N–H and O–H groups in total. The van der Waals surface area contributed by atoms with E-state index in [0.29, 0.717) is 22.3 Å². The summed E-state index contributed by atoms with van der Waals surface area (Å²) in [4.78, 5) is 32.6. The molecule has 0 spiro atoms. The van der Waals surface area contributed by atoms with Crippen LogP contribution in [0.25, 0.3) is 0 Å². The van der Waals surface area contributed by atoms with Gasteiger partial charge in [-0.15, -0.1) is 0 Å². The van der Waals surface area contributed by atoms with Gasteiger partial charge in [-0.05, 0) is 74.0 Å². The third kappa shape index (κ3) is 8.21. The fourth-order valence-corrected chi connectivity index (χ4v) is 3.51. The van der Waals surface area contributed by atoms with Gasteiger partial charge in [0.25, 0.3) is 11.8 Å². The molecular weight excluding hydrogens is 454 g/mol. The Balaban J connectivity index is 1.39. The minimum atomic E-state index is -0.275. The highest BCUT2D eigenvalue weighted by Crippen LogP contribution is 2.16. The fraction of sp³-hybridized carbons (Fsp3) is 0.208. The number of ether oxygens (including phenoxy) is 2. The van der Waals surface area contributed by atoms with Crippen LogP contribution < -0.4 is 20.2 Å². The zero-order chi connectivity index (χ0) is 24.3. The number of nitrogens with one attached hydrogen (secondary N) is 2. The standard InChI is InChI=1S/C24H25N5O4S/c1-16-12-17(2)27-24(26-16)34-15-23(31)29-25-13-18-4-8-21(9-5-18)33-14-22(30)28-19-6-10-20(32-3)11-7-19/h4-13H,14-15H2,1-3H3,(H,28,30)(H,29,31)/b25-13-. The summed E-state index contributed by atoms with van der Waals surface area (Å²) in [5, 5.41) is 7.27. The molecule has 0 aliphatic rings. The minimum Gasteiger partial charge on any atom is -0.497 e. The smallest absolute Gasteiger partial charge is 0.262 e. The number of aromatic nitrogens is 2. The molecular formula is C24H25N5O4S. The maximum atomic E-state index is 12.1. The molecule has 9 nitrogen and oxygen atoms in total. The van der Waals surface area contributed by atoms with Crippen LogP contribution in [0.15, 0.2) is 64.9 Å². The van der Waals surface area contributed by atoms with E-state index in [1.165, 1.54) is 18.0 Å². The average Bonchev–Trinajstić information content (AvgIpc) is 2.82. The number of hydrazone groups is 1. The van der Waals surface area contributed by atoms with Gasteiger partial charge in [0.05, 0.1) is 19.1 Å². The van der Waals surface area contributed by atoms with Crippen molar-refractivity contribution in [2.24, 2.45) is 5.10 Å². The number of anilines is 1. The lowest BCUT2D eigenvalue weighted by atomic mass is 10.2. The first-order valence-corrected chi connectivity index (χ1v) is 11.3. The van der Waals surface area contributed by atoms with Gasteiger partial charge in [-0.3, -0.25) is 9.59 Å². The molecule has 34 heavy (non-hydrogen) atoms. The lowest BCUT2D eigenvalue weighted by Gasteiger charge is -2.08. The van der Waals surface area contributed by atoms with E-state index in [2.05, 4.69) is 25.8 Å². The average molecular weight is 480 g/mol. The van der Waals surface area contributed by atoms with Crippen molar-refractivity contribution in [3.8, 4) is 11.5 Å². The van der Waals surface area contributed by atoms with E-state index in [1.807, 2.05) is 19.9 Å². The molecule has 0 radical (unpaired) electrons. The number of thioether (sulfide) groups is 1. The van der Waals surface area contributed by atoms with E-state index in [9.17, 15) is 9.59 Å².